The zero-order chi connectivity index (χ0) is 12.5. The van der Waals surface area contributed by atoms with Crippen molar-refractivity contribution in [3.8, 4) is 5.75 Å². The second-order valence-corrected chi connectivity index (χ2v) is 5.21. The first-order chi connectivity index (χ1) is 8.10. The van der Waals surface area contributed by atoms with Gasteiger partial charge in [-0.25, -0.2) is 0 Å². The molecule has 1 saturated carbocycles. The molecule has 0 aliphatic heterocycles. The zero-order valence-corrected chi connectivity index (χ0v) is 11.8. The molecule has 1 aliphatic rings. The van der Waals surface area contributed by atoms with E-state index in [0.29, 0.717) is 16.3 Å². The molecule has 0 aromatic heterocycles. The molecule has 0 spiro atoms. The molecule has 0 atom stereocenters. The highest BCUT2D eigenvalue weighted by atomic mass is 79.9. The number of alkyl halides is 1. The first-order valence-corrected chi connectivity index (χ1v) is 6.82. The lowest BCUT2D eigenvalue weighted by Gasteiger charge is -2.15. The Morgan fingerprint density at radius 3 is 2.82 bits per heavy atom. The molecule has 1 aromatic carbocycles. The van der Waals surface area contributed by atoms with Gasteiger partial charge in [-0.05, 0) is 31.0 Å². The number of methoxy groups -OCH3 is 1. The summed E-state index contributed by atoms with van der Waals surface area (Å²) in [6, 6.07) is 5.03. The van der Waals surface area contributed by atoms with Crippen molar-refractivity contribution >= 4 is 33.4 Å². The van der Waals surface area contributed by atoms with E-state index in [1.165, 1.54) is 7.11 Å². The Kier molecular flexibility index (Phi) is 3.64. The molecule has 2 rings (SSSR count). The summed E-state index contributed by atoms with van der Waals surface area (Å²) in [5.74, 6) is 0.401. The largest absolute Gasteiger partial charge is 0.496 e. The smallest absolute Gasteiger partial charge is 0.255 e. The van der Waals surface area contributed by atoms with Crippen LogP contribution in [0, 0.1) is 0 Å². The van der Waals surface area contributed by atoms with Crippen molar-refractivity contribution in [2.45, 2.75) is 18.4 Å². The van der Waals surface area contributed by atoms with Crippen molar-refractivity contribution in [1.82, 2.24) is 5.32 Å². The van der Waals surface area contributed by atoms with E-state index in [1.54, 1.807) is 18.2 Å². The lowest BCUT2D eigenvalue weighted by Crippen LogP contribution is -2.38. The minimum atomic E-state index is -0.138. The third-order valence-corrected chi connectivity index (χ3v) is 4.20. The minimum Gasteiger partial charge on any atom is -0.496 e. The maximum absolute atomic E-state index is 12.1. The zero-order valence-electron chi connectivity index (χ0n) is 9.43. The molecular formula is C12H13BrClNO2. The maximum atomic E-state index is 12.1. The van der Waals surface area contributed by atoms with Crippen molar-refractivity contribution in [3.63, 3.8) is 0 Å². The van der Waals surface area contributed by atoms with Crippen LogP contribution in [-0.4, -0.2) is 23.9 Å². The Balaban J connectivity index is 2.21. The number of halogens is 2. The van der Waals surface area contributed by atoms with Gasteiger partial charge in [-0.15, -0.1) is 0 Å². The van der Waals surface area contributed by atoms with Gasteiger partial charge in [-0.3, -0.25) is 4.79 Å². The standard InChI is InChI=1S/C12H13BrClNO2/c1-17-10-3-2-8(14)6-9(10)11(16)15-12(7-13)4-5-12/h2-3,6H,4-5,7H2,1H3,(H,15,16). The predicted octanol–water partition coefficient (Wildman–Crippen LogP) is 3.01. The van der Waals surface area contributed by atoms with E-state index in [2.05, 4.69) is 21.2 Å². The number of carbonyl (C=O) groups excluding carboxylic acids is 1. The van der Waals surface area contributed by atoms with Crippen LogP contribution in [-0.2, 0) is 0 Å². The summed E-state index contributed by atoms with van der Waals surface area (Å²) < 4.78 is 5.16. The van der Waals surface area contributed by atoms with Crippen molar-refractivity contribution in [2.75, 3.05) is 12.4 Å². The van der Waals surface area contributed by atoms with Crippen LogP contribution in [0.3, 0.4) is 0 Å². The second-order valence-electron chi connectivity index (χ2n) is 4.21. The molecule has 5 heteroatoms. The fourth-order valence-corrected chi connectivity index (χ4v) is 2.48. The Morgan fingerprint density at radius 2 is 2.29 bits per heavy atom. The molecule has 0 unspecified atom stereocenters. The number of hydrogen-bond acceptors (Lipinski definition) is 2. The average molecular weight is 319 g/mol. The Bertz CT molecular complexity index is 446. The van der Waals surface area contributed by atoms with Gasteiger partial charge in [0, 0.05) is 10.4 Å². The number of rotatable bonds is 4. The van der Waals surface area contributed by atoms with Gasteiger partial charge < -0.3 is 10.1 Å². The van der Waals surface area contributed by atoms with Gasteiger partial charge in [0.15, 0.2) is 0 Å². The van der Waals surface area contributed by atoms with Crippen LogP contribution in [0.4, 0.5) is 0 Å². The molecule has 0 heterocycles. The summed E-state index contributed by atoms with van der Waals surface area (Å²) in [7, 11) is 1.54. The van der Waals surface area contributed by atoms with Crippen molar-refractivity contribution in [3.05, 3.63) is 28.8 Å². The second kappa shape index (κ2) is 4.86. The first-order valence-electron chi connectivity index (χ1n) is 5.32. The van der Waals surface area contributed by atoms with E-state index < -0.39 is 0 Å². The van der Waals surface area contributed by atoms with Crippen LogP contribution in [0.1, 0.15) is 23.2 Å². The van der Waals surface area contributed by atoms with Crippen molar-refractivity contribution in [2.24, 2.45) is 0 Å². The van der Waals surface area contributed by atoms with E-state index in [1.807, 2.05) is 0 Å². The number of benzene rings is 1. The van der Waals surface area contributed by atoms with Crippen LogP contribution in [0.2, 0.25) is 5.02 Å². The normalized spacial score (nSPS) is 16.4. The molecule has 1 aromatic rings. The highest BCUT2D eigenvalue weighted by Crippen LogP contribution is 2.37. The van der Waals surface area contributed by atoms with Crippen LogP contribution in [0.5, 0.6) is 5.75 Å². The molecule has 0 bridgehead atoms. The minimum absolute atomic E-state index is 0.0790. The molecule has 1 N–H and O–H groups in total. The predicted molar refractivity (Wildman–Crippen MR) is 71.2 cm³/mol. The molecule has 0 radical (unpaired) electrons. The molecule has 1 fully saturated rings. The lowest BCUT2D eigenvalue weighted by molar-refractivity contribution is 0.0933. The van der Waals surface area contributed by atoms with Gasteiger partial charge in [-0.2, -0.15) is 0 Å². The summed E-state index contributed by atoms with van der Waals surface area (Å²) in [6.45, 7) is 0. The summed E-state index contributed by atoms with van der Waals surface area (Å²) in [6.07, 6.45) is 2.01. The summed E-state index contributed by atoms with van der Waals surface area (Å²) >= 11 is 9.31. The molecule has 0 saturated heterocycles. The number of amides is 1. The lowest BCUT2D eigenvalue weighted by atomic mass is 10.1. The molecule has 17 heavy (non-hydrogen) atoms. The van der Waals surface area contributed by atoms with Gasteiger partial charge in [0.05, 0.1) is 18.2 Å². The van der Waals surface area contributed by atoms with Gasteiger partial charge in [0.2, 0.25) is 0 Å². The number of ether oxygens (including phenoxy) is 1. The average Bonchev–Trinajstić information content (AvgIpc) is 3.09. The van der Waals surface area contributed by atoms with E-state index in [-0.39, 0.29) is 11.4 Å². The van der Waals surface area contributed by atoms with E-state index in [9.17, 15) is 4.79 Å². The van der Waals surface area contributed by atoms with E-state index in [0.717, 1.165) is 18.2 Å². The third kappa shape index (κ3) is 2.75. The number of hydrogen-bond donors (Lipinski definition) is 1. The van der Waals surface area contributed by atoms with Crippen molar-refractivity contribution < 1.29 is 9.53 Å². The summed E-state index contributed by atoms with van der Waals surface area (Å²) in [5.41, 5.74) is 0.400. The van der Waals surface area contributed by atoms with Gasteiger partial charge in [-0.1, -0.05) is 27.5 Å². The Hall–Kier alpha value is -0.740. The number of nitrogens with one attached hydrogen (secondary N) is 1. The van der Waals surface area contributed by atoms with Crippen LogP contribution in [0.25, 0.3) is 0 Å². The quantitative estimate of drug-likeness (QED) is 0.867. The monoisotopic (exact) mass is 317 g/mol. The maximum Gasteiger partial charge on any atom is 0.255 e. The molecular weight excluding hydrogens is 305 g/mol. The van der Waals surface area contributed by atoms with Crippen LogP contribution >= 0.6 is 27.5 Å². The summed E-state index contributed by atoms with van der Waals surface area (Å²) in [4.78, 5) is 12.1. The fourth-order valence-electron chi connectivity index (χ4n) is 1.61. The highest BCUT2D eigenvalue weighted by Gasteiger charge is 2.43. The third-order valence-electron chi connectivity index (χ3n) is 2.89. The van der Waals surface area contributed by atoms with Gasteiger partial charge in [0.25, 0.3) is 5.91 Å². The fraction of sp³-hybridized carbons (Fsp3) is 0.417. The van der Waals surface area contributed by atoms with Gasteiger partial charge in [0.1, 0.15) is 5.75 Å². The topological polar surface area (TPSA) is 38.3 Å². The first kappa shape index (κ1) is 12.7. The molecule has 92 valence electrons. The van der Waals surface area contributed by atoms with Crippen LogP contribution in [0.15, 0.2) is 18.2 Å². The van der Waals surface area contributed by atoms with Crippen molar-refractivity contribution in [1.29, 1.82) is 0 Å². The summed E-state index contributed by atoms with van der Waals surface area (Å²) in [5, 5.41) is 4.31. The number of carbonyl (C=O) groups is 1. The highest BCUT2D eigenvalue weighted by molar-refractivity contribution is 9.09. The Morgan fingerprint density at radius 1 is 1.59 bits per heavy atom. The van der Waals surface area contributed by atoms with Crippen LogP contribution < -0.4 is 10.1 Å². The molecule has 3 nitrogen and oxygen atoms in total. The SMILES string of the molecule is COc1ccc(Cl)cc1C(=O)NC1(CBr)CC1. The Labute approximate surface area is 114 Å². The van der Waals surface area contributed by atoms with E-state index >= 15 is 0 Å². The van der Waals surface area contributed by atoms with Gasteiger partial charge >= 0.3 is 0 Å². The molecule has 1 amide bonds. The molecule has 1 aliphatic carbocycles. The van der Waals surface area contributed by atoms with E-state index in [4.69, 9.17) is 16.3 Å².